The molecule has 0 aliphatic carbocycles. The van der Waals surface area contributed by atoms with Gasteiger partial charge in [0.25, 0.3) is 5.91 Å². The molecular weight excluding hydrogens is 467 g/mol. The van der Waals surface area contributed by atoms with Crippen molar-refractivity contribution in [2.24, 2.45) is 0 Å². The minimum absolute atomic E-state index is 0.343. The zero-order valence-corrected chi connectivity index (χ0v) is 19.1. The highest BCUT2D eigenvalue weighted by molar-refractivity contribution is 6.30. The van der Waals surface area contributed by atoms with Gasteiger partial charge in [0.15, 0.2) is 0 Å². The van der Waals surface area contributed by atoms with Crippen molar-refractivity contribution >= 4 is 28.4 Å². The van der Waals surface area contributed by atoms with Crippen molar-refractivity contribution in [1.29, 1.82) is 0 Å². The fraction of sp³-hybridized carbons (Fsp3) is 0.200. The summed E-state index contributed by atoms with van der Waals surface area (Å²) in [4.78, 5) is 11.9. The van der Waals surface area contributed by atoms with Crippen LogP contribution in [0.2, 0.25) is 5.02 Å². The molecule has 0 saturated carbocycles. The van der Waals surface area contributed by atoms with Crippen LogP contribution in [0.15, 0.2) is 72.9 Å². The number of fused-ring (bicyclic) bond motifs is 1. The highest BCUT2D eigenvalue weighted by Gasteiger charge is 2.35. The number of nitrogens with zero attached hydrogens (tertiary/aromatic N) is 2. The Bertz CT molecular complexity index is 1320. The van der Waals surface area contributed by atoms with Crippen LogP contribution in [0.3, 0.4) is 0 Å². The van der Waals surface area contributed by atoms with Crippen LogP contribution < -0.4 is 10.1 Å². The third-order valence-corrected chi connectivity index (χ3v) is 5.50. The van der Waals surface area contributed by atoms with Crippen LogP contribution in [0.5, 0.6) is 5.75 Å². The summed E-state index contributed by atoms with van der Waals surface area (Å²) in [6.45, 7) is 2.12. The fourth-order valence-corrected chi connectivity index (χ4v) is 3.77. The Balaban J connectivity index is 1.64. The second-order valence-electron chi connectivity index (χ2n) is 8.00. The number of carbonyl (C=O) groups excluding carboxylic acids is 1. The van der Waals surface area contributed by atoms with E-state index in [2.05, 4.69) is 10.4 Å². The number of carbonyl (C=O) groups is 1. The number of benzene rings is 3. The molecule has 1 heterocycles. The second kappa shape index (κ2) is 9.38. The van der Waals surface area contributed by atoms with Crippen LogP contribution in [0.25, 0.3) is 16.6 Å². The van der Waals surface area contributed by atoms with Crippen molar-refractivity contribution < 1.29 is 22.7 Å². The Morgan fingerprint density at radius 2 is 1.85 bits per heavy atom. The van der Waals surface area contributed by atoms with Crippen molar-refractivity contribution in [3.63, 3.8) is 0 Å². The quantitative estimate of drug-likeness (QED) is 0.343. The molecule has 2 atom stereocenters. The van der Waals surface area contributed by atoms with E-state index in [0.29, 0.717) is 28.9 Å². The van der Waals surface area contributed by atoms with Gasteiger partial charge in [0.2, 0.25) is 0 Å². The van der Waals surface area contributed by atoms with E-state index in [9.17, 15) is 18.0 Å². The standard InChI is InChI=1S/C25H21ClF3N3O2/c1-15(31-24(33)25(2,28)29)23(16-4-3-5-18(26)12-16)34-21-10-11-22-17(13-21)14-30-32(22)20-8-6-19(27)7-9-20/h3-15,23H,1-2H3,(H,31,33)/t15-,23-/m0/s1. The Morgan fingerprint density at radius 3 is 2.53 bits per heavy atom. The Kier molecular flexibility index (Phi) is 6.52. The van der Waals surface area contributed by atoms with E-state index in [1.54, 1.807) is 72.4 Å². The highest BCUT2D eigenvalue weighted by Crippen LogP contribution is 2.30. The number of hydrogen-bond donors (Lipinski definition) is 1. The zero-order valence-electron chi connectivity index (χ0n) is 18.3. The Morgan fingerprint density at radius 1 is 1.12 bits per heavy atom. The maximum Gasteiger partial charge on any atom is 0.321 e. The SMILES string of the molecule is C[C@H](NC(=O)C(C)(F)F)[C@H](Oc1ccc2c(cnn2-c2ccc(F)cc2)c1)c1cccc(Cl)c1. The molecule has 0 bridgehead atoms. The number of rotatable bonds is 7. The normalized spacial score (nSPS) is 13.5. The average Bonchev–Trinajstić information content (AvgIpc) is 3.20. The topological polar surface area (TPSA) is 56.1 Å². The smallest absolute Gasteiger partial charge is 0.321 e. The first-order valence-electron chi connectivity index (χ1n) is 10.5. The minimum Gasteiger partial charge on any atom is -0.484 e. The summed E-state index contributed by atoms with van der Waals surface area (Å²) in [5.41, 5.74) is 2.07. The first-order chi connectivity index (χ1) is 16.1. The zero-order chi connectivity index (χ0) is 24.5. The molecule has 0 saturated heterocycles. The summed E-state index contributed by atoms with van der Waals surface area (Å²) >= 11 is 6.13. The lowest BCUT2D eigenvalue weighted by atomic mass is 10.0. The summed E-state index contributed by atoms with van der Waals surface area (Å²) in [5, 5.41) is 7.89. The fourth-order valence-electron chi connectivity index (χ4n) is 3.57. The number of aromatic nitrogens is 2. The maximum atomic E-state index is 13.5. The van der Waals surface area contributed by atoms with Gasteiger partial charge >= 0.3 is 5.92 Å². The van der Waals surface area contributed by atoms with Crippen molar-refractivity contribution in [3.8, 4) is 11.4 Å². The van der Waals surface area contributed by atoms with E-state index in [-0.39, 0.29) is 5.82 Å². The molecule has 1 N–H and O–H groups in total. The van der Waals surface area contributed by atoms with E-state index in [1.165, 1.54) is 12.1 Å². The number of amides is 1. The predicted molar refractivity (Wildman–Crippen MR) is 124 cm³/mol. The second-order valence-corrected chi connectivity index (χ2v) is 8.43. The molecule has 0 fully saturated rings. The molecule has 4 aromatic rings. The van der Waals surface area contributed by atoms with Crippen LogP contribution in [0.4, 0.5) is 13.2 Å². The maximum absolute atomic E-state index is 13.5. The van der Waals surface area contributed by atoms with E-state index in [0.717, 1.165) is 10.9 Å². The van der Waals surface area contributed by atoms with Gasteiger partial charge in [0, 0.05) is 17.3 Å². The lowest BCUT2D eigenvalue weighted by Gasteiger charge is -2.27. The molecule has 0 unspecified atom stereocenters. The van der Waals surface area contributed by atoms with Gasteiger partial charge in [-0.05, 0) is 67.1 Å². The van der Waals surface area contributed by atoms with Gasteiger partial charge in [-0.15, -0.1) is 0 Å². The van der Waals surface area contributed by atoms with E-state index < -0.39 is 24.0 Å². The van der Waals surface area contributed by atoms with Gasteiger partial charge in [-0.25, -0.2) is 9.07 Å². The number of ether oxygens (including phenoxy) is 1. The van der Waals surface area contributed by atoms with Gasteiger partial charge in [-0.3, -0.25) is 4.79 Å². The third kappa shape index (κ3) is 5.17. The Hall–Kier alpha value is -3.52. The molecule has 0 spiro atoms. The van der Waals surface area contributed by atoms with E-state index in [1.807, 2.05) is 0 Å². The minimum atomic E-state index is -3.53. The molecule has 5 nitrogen and oxygen atoms in total. The van der Waals surface area contributed by atoms with Crippen LogP contribution >= 0.6 is 11.6 Å². The van der Waals surface area contributed by atoms with Gasteiger partial charge in [0.05, 0.1) is 23.4 Å². The molecule has 0 aliphatic rings. The molecule has 1 amide bonds. The van der Waals surface area contributed by atoms with E-state index in [4.69, 9.17) is 16.3 Å². The van der Waals surface area contributed by atoms with Crippen molar-refractivity contribution in [3.05, 3.63) is 89.3 Å². The summed E-state index contributed by atoms with van der Waals surface area (Å²) in [5.74, 6) is -4.82. The summed E-state index contributed by atoms with van der Waals surface area (Å²) in [7, 11) is 0. The molecule has 9 heteroatoms. The summed E-state index contributed by atoms with van der Waals surface area (Å²) in [6, 6.07) is 17.2. The highest BCUT2D eigenvalue weighted by atomic mass is 35.5. The van der Waals surface area contributed by atoms with Gasteiger partial charge in [-0.1, -0.05) is 23.7 Å². The number of halogens is 4. The van der Waals surface area contributed by atoms with Crippen molar-refractivity contribution in [1.82, 2.24) is 15.1 Å². The summed E-state index contributed by atoms with van der Waals surface area (Å²) in [6.07, 6.45) is 0.845. The van der Waals surface area contributed by atoms with Crippen LogP contribution in [-0.2, 0) is 4.79 Å². The lowest BCUT2D eigenvalue weighted by molar-refractivity contribution is -0.144. The monoisotopic (exact) mass is 487 g/mol. The number of alkyl halides is 2. The van der Waals surface area contributed by atoms with Gasteiger partial charge in [0.1, 0.15) is 17.7 Å². The first-order valence-corrected chi connectivity index (χ1v) is 10.8. The van der Waals surface area contributed by atoms with Crippen LogP contribution in [-0.4, -0.2) is 27.7 Å². The van der Waals surface area contributed by atoms with Gasteiger partial charge in [-0.2, -0.15) is 13.9 Å². The van der Waals surface area contributed by atoms with Crippen LogP contribution in [0, 0.1) is 5.82 Å². The molecule has 3 aromatic carbocycles. The third-order valence-electron chi connectivity index (χ3n) is 5.26. The predicted octanol–water partition coefficient (Wildman–Crippen LogP) is 6.10. The van der Waals surface area contributed by atoms with Crippen molar-refractivity contribution in [2.75, 3.05) is 0 Å². The number of nitrogens with one attached hydrogen (secondary N) is 1. The van der Waals surface area contributed by atoms with E-state index >= 15 is 0 Å². The molecule has 4 rings (SSSR count). The molecule has 0 radical (unpaired) electrons. The molecule has 0 aliphatic heterocycles. The van der Waals surface area contributed by atoms with Gasteiger partial charge < -0.3 is 10.1 Å². The number of hydrogen-bond acceptors (Lipinski definition) is 3. The Labute approximate surface area is 199 Å². The lowest BCUT2D eigenvalue weighted by Crippen LogP contribution is -2.46. The van der Waals surface area contributed by atoms with Crippen molar-refractivity contribution in [2.45, 2.75) is 31.9 Å². The summed E-state index contributed by atoms with van der Waals surface area (Å²) < 4.78 is 48.0. The molecule has 176 valence electrons. The molecular formula is C25H21ClF3N3O2. The van der Waals surface area contributed by atoms with Crippen LogP contribution in [0.1, 0.15) is 25.5 Å². The molecule has 34 heavy (non-hydrogen) atoms. The first kappa shape index (κ1) is 23.6. The average molecular weight is 488 g/mol. The largest absolute Gasteiger partial charge is 0.484 e. The molecule has 1 aromatic heterocycles.